The maximum Gasteiger partial charge on any atom is 0.404 e. The Morgan fingerprint density at radius 1 is 1.39 bits per heavy atom. The molecule has 3 N–H and O–H groups in total. The van der Waals surface area contributed by atoms with Crippen LogP contribution < -0.4 is 15.8 Å². The summed E-state index contributed by atoms with van der Waals surface area (Å²) in [4.78, 5) is 10.4. The summed E-state index contributed by atoms with van der Waals surface area (Å²) in [6.45, 7) is 5.46. The number of ether oxygens (including phenoxy) is 2. The molecule has 100 valence electrons. The molecule has 0 atom stereocenters. The van der Waals surface area contributed by atoms with Gasteiger partial charge in [0.25, 0.3) is 0 Å². The molecule has 0 aliphatic carbocycles. The van der Waals surface area contributed by atoms with Crippen LogP contribution in [-0.2, 0) is 11.3 Å². The van der Waals surface area contributed by atoms with Gasteiger partial charge >= 0.3 is 6.09 Å². The van der Waals surface area contributed by atoms with Crippen molar-refractivity contribution >= 4 is 6.09 Å². The third-order valence-corrected chi connectivity index (χ3v) is 2.17. The molecule has 5 heteroatoms. The number of hydrogen-bond donors (Lipinski definition) is 2. The van der Waals surface area contributed by atoms with Crippen molar-refractivity contribution in [1.82, 2.24) is 5.32 Å². The van der Waals surface area contributed by atoms with Crippen LogP contribution in [0.15, 0.2) is 24.3 Å². The summed E-state index contributed by atoms with van der Waals surface area (Å²) in [6, 6.07) is 7.85. The Labute approximate surface area is 107 Å². The molecule has 5 nitrogen and oxygen atoms in total. The van der Waals surface area contributed by atoms with Crippen molar-refractivity contribution in [2.45, 2.75) is 26.5 Å². The molecule has 0 saturated carbocycles. The zero-order chi connectivity index (χ0) is 13.4. The lowest BCUT2D eigenvalue weighted by molar-refractivity contribution is 0.157. The fourth-order valence-electron chi connectivity index (χ4n) is 1.47. The van der Waals surface area contributed by atoms with Crippen molar-refractivity contribution in [2.24, 2.45) is 5.73 Å². The summed E-state index contributed by atoms with van der Waals surface area (Å²) in [5.41, 5.74) is 5.93. The highest BCUT2D eigenvalue weighted by Gasteiger charge is 2.04. The molecule has 0 heterocycles. The minimum Gasteiger partial charge on any atom is -0.491 e. The largest absolute Gasteiger partial charge is 0.491 e. The van der Waals surface area contributed by atoms with E-state index in [1.54, 1.807) is 0 Å². The number of carbonyl (C=O) groups excluding carboxylic acids is 1. The van der Waals surface area contributed by atoms with Gasteiger partial charge in [0, 0.05) is 18.7 Å². The number of carbonyl (C=O) groups is 1. The summed E-state index contributed by atoms with van der Waals surface area (Å²) in [7, 11) is 0. The Bertz CT molecular complexity index is 380. The number of amides is 1. The fourth-order valence-corrected chi connectivity index (χ4v) is 1.47. The van der Waals surface area contributed by atoms with Crippen LogP contribution in [0.1, 0.15) is 19.4 Å². The first-order chi connectivity index (χ1) is 8.59. The molecule has 0 unspecified atom stereocenters. The van der Waals surface area contributed by atoms with Crippen molar-refractivity contribution in [3.05, 3.63) is 29.8 Å². The fraction of sp³-hybridized carbons (Fsp3) is 0.462. The van der Waals surface area contributed by atoms with Gasteiger partial charge in [0.1, 0.15) is 12.4 Å². The predicted octanol–water partition coefficient (Wildman–Crippen LogP) is 1.66. The van der Waals surface area contributed by atoms with Crippen molar-refractivity contribution in [2.75, 3.05) is 13.2 Å². The van der Waals surface area contributed by atoms with E-state index >= 15 is 0 Å². The van der Waals surface area contributed by atoms with Gasteiger partial charge in [-0.05, 0) is 19.9 Å². The molecule has 0 radical (unpaired) electrons. The van der Waals surface area contributed by atoms with E-state index in [4.69, 9.17) is 10.5 Å². The molecule has 1 rings (SSSR count). The lowest BCUT2D eigenvalue weighted by Crippen LogP contribution is -2.23. The number of hydrogen-bond acceptors (Lipinski definition) is 4. The summed E-state index contributed by atoms with van der Waals surface area (Å²) < 4.78 is 10.3. The summed E-state index contributed by atoms with van der Waals surface area (Å²) >= 11 is 0. The highest BCUT2D eigenvalue weighted by Crippen LogP contribution is 2.18. The first-order valence-electron chi connectivity index (χ1n) is 5.97. The predicted molar refractivity (Wildman–Crippen MR) is 69.4 cm³/mol. The van der Waals surface area contributed by atoms with Gasteiger partial charge in [0.2, 0.25) is 0 Å². The number of rotatable bonds is 7. The van der Waals surface area contributed by atoms with Crippen LogP contribution in [0.2, 0.25) is 0 Å². The molecule has 1 aromatic carbocycles. The zero-order valence-corrected chi connectivity index (χ0v) is 10.8. The molecule has 0 aromatic heterocycles. The van der Waals surface area contributed by atoms with Crippen molar-refractivity contribution in [1.29, 1.82) is 0 Å². The second kappa shape index (κ2) is 7.55. The van der Waals surface area contributed by atoms with Crippen LogP contribution >= 0.6 is 0 Å². The maximum atomic E-state index is 10.4. The molecule has 0 fully saturated rings. The van der Waals surface area contributed by atoms with E-state index < -0.39 is 6.09 Å². The average Bonchev–Trinajstić information content (AvgIpc) is 2.29. The average molecular weight is 252 g/mol. The second-order valence-corrected chi connectivity index (χ2v) is 4.12. The number of para-hydroxylation sites is 1. The molecule has 0 spiro atoms. The SMILES string of the molecule is CC(C)Oc1ccccc1CNCCOC(N)=O. The molecule has 18 heavy (non-hydrogen) atoms. The Morgan fingerprint density at radius 2 is 2.11 bits per heavy atom. The van der Waals surface area contributed by atoms with Crippen molar-refractivity contribution < 1.29 is 14.3 Å². The molecule has 0 saturated heterocycles. The van der Waals surface area contributed by atoms with E-state index in [0.29, 0.717) is 13.1 Å². The lowest BCUT2D eigenvalue weighted by Gasteiger charge is -2.14. The van der Waals surface area contributed by atoms with Crippen LogP contribution in [0.4, 0.5) is 4.79 Å². The van der Waals surface area contributed by atoms with Gasteiger partial charge < -0.3 is 20.5 Å². The van der Waals surface area contributed by atoms with E-state index in [2.05, 4.69) is 10.1 Å². The van der Waals surface area contributed by atoms with Crippen LogP contribution in [0.3, 0.4) is 0 Å². The normalized spacial score (nSPS) is 10.4. The van der Waals surface area contributed by atoms with Gasteiger partial charge in [-0.2, -0.15) is 0 Å². The number of nitrogens with two attached hydrogens (primary N) is 1. The van der Waals surface area contributed by atoms with Crippen LogP contribution in [0.5, 0.6) is 5.75 Å². The van der Waals surface area contributed by atoms with E-state index in [1.165, 1.54) is 0 Å². The minimum absolute atomic E-state index is 0.143. The van der Waals surface area contributed by atoms with Gasteiger partial charge in [-0.1, -0.05) is 18.2 Å². The highest BCUT2D eigenvalue weighted by atomic mass is 16.5. The first-order valence-corrected chi connectivity index (χ1v) is 5.97. The molecule has 0 bridgehead atoms. The number of primary amides is 1. The summed E-state index contributed by atoms with van der Waals surface area (Å²) in [5.74, 6) is 0.871. The molecule has 1 aromatic rings. The van der Waals surface area contributed by atoms with Gasteiger partial charge in [-0.25, -0.2) is 4.79 Å². The number of benzene rings is 1. The Kier molecular flexibility index (Phi) is 6.00. The van der Waals surface area contributed by atoms with Crippen LogP contribution in [-0.4, -0.2) is 25.3 Å². The zero-order valence-electron chi connectivity index (χ0n) is 10.8. The van der Waals surface area contributed by atoms with E-state index in [-0.39, 0.29) is 12.7 Å². The molecule has 1 amide bonds. The number of nitrogens with one attached hydrogen (secondary N) is 1. The van der Waals surface area contributed by atoms with Gasteiger partial charge in [0.15, 0.2) is 0 Å². The molecule has 0 aliphatic heterocycles. The maximum absolute atomic E-state index is 10.4. The molecule has 0 aliphatic rings. The van der Waals surface area contributed by atoms with Gasteiger partial charge in [-0.3, -0.25) is 0 Å². The summed E-state index contributed by atoms with van der Waals surface area (Å²) in [6.07, 6.45) is -0.607. The third kappa shape index (κ3) is 5.54. The van der Waals surface area contributed by atoms with Crippen molar-refractivity contribution in [3.63, 3.8) is 0 Å². The van der Waals surface area contributed by atoms with E-state index in [1.807, 2.05) is 38.1 Å². The smallest absolute Gasteiger partial charge is 0.404 e. The van der Waals surface area contributed by atoms with Gasteiger partial charge in [0.05, 0.1) is 6.10 Å². The van der Waals surface area contributed by atoms with E-state index in [9.17, 15) is 4.79 Å². The monoisotopic (exact) mass is 252 g/mol. The van der Waals surface area contributed by atoms with Crippen molar-refractivity contribution in [3.8, 4) is 5.75 Å². The standard InChI is InChI=1S/C13H20N2O3/c1-10(2)18-12-6-4-3-5-11(12)9-15-7-8-17-13(14)16/h3-6,10,15H,7-9H2,1-2H3,(H2,14,16). The Morgan fingerprint density at radius 3 is 2.78 bits per heavy atom. The lowest BCUT2D eigenvalue weighted by atomic mass is 10.2. The van der Waals surface area contributed by atoms with Crippen LogP contribution in [0, 0.1) is 0 Å². The molecular weight excluding hydrogens is 232 g/mol. The highest BCUT2D eigenvalue weighted by molar-refractivity contribution is 5.64. The second-order valence-electron chi connectivity index (χ2n) is 4.12. The first kappa shape index (κ1) is 14.3. The Hall–Kier alpha value is -1.75. The molecular formula is C13H20N2O3. The summed E-state index contributed by atoms with van der Waals surface area (Å²) in [5, 5.41) is 3.16. The van der Waals surface area contributed by atoms with E-state index in [0.717, 1.165) is 11.3 Å². The topological polar surface area (TPSA) is 73.6 Å². The van der Waals surface area contributed by atoms with Gasteiger partial charge in [-0.15, -0.1) is 0 Å². The Balaban J connectivity index is 2.39. The van der Waals surface area contributed by atoms with Crippen LogP contribution in [0.25, 0.3) is 0 Å². The third-order valence-electron chi connectivity index (χ3n) is 2.17. The minimum atomic E-state index is -0.750. The quantitative estimate of drug-likeness (QED) is 0.724.